The number of aliphatic imine (C=N–C) groups is 1. The fourth-order valence-electron chi connectivity index (χ4n) is 3.17. The summed E-state index contributed by atoms with van der Waals surface area (Å²) in [5.74, 6) is 1.07. The van der Waals surface area contributed by atoms with Crippen molar-refractivity contribution in [2.24, 2.45) is 10.4 Å². The van der Waals surface area contributed by atoms with Gasteiger partial charge in [0.05, 0.1) is 0 Å². The van der Waals surface area contributed by atoms with Crippen LogP contribution in [-0.4, -0.2) is 50.0 Å². The molecule has 2 fully saturated rings. The lowest BCUT2D eigenvalue weighted by Crippen LogP contribution is -2.43. The largest absolute Gasteiger partial charge is 0.356 e. The number of carbonyl (C=O) groups is 1. The van der Waals surface area contributed by atoms with Crippen LogP contribution in [0.3, 0.4) is 0 Å². The van der Waals surface area contributed by atoms with Gasteiger partial charge in [0.25, 0.3) is 0 Å². The van der Waals surface area contributed by atoms with Gasteiger partial charge in [-0.1, -0.05) is 13.3 Å². The third-order valence-corrected chi connectivity index (χ3v) is 4.57. The van der Waals surface area contributed by atoms with Crippen LogP contribution in [-0.2, 0) is 4.79 Å². The Hall–Kier alpha value is -1.26. The molecule has 0 aromatic carbocycles. The molecule has 1 spiro atoms. The van der Waals surface area contributed by atoms with Gasteiger partial charge >= 0.3 is 0 Å². The molecule has 0 aromatic rings. The number of amides is 1. The summed E-state index contributed by atoms with van der Waals surface area (Å²) >= 11 is 0. The minimum Gasteiger partial charge on any atom is -0.356 e. The molecule has 1 saturated carbocycles. The van der Waals surface area contributed by atoms with E-state index in [9.17, 15) is 4.79 Å². The van der Waals surface area contributed by atoms with Gasteiger partial charge in [0.1, 0.15) is 0 Å². The zero-order valence-corrected chi connectivity index (χ0v) is 12.9. The zero-order chi connectivity index (χ0) is 14.4. The maximum Gasteiger partial charge on any atom is 0.221 e. The lowest BCUT2D eigenvalue weighted by Gasteiger charge is -2.38. The molecule has 0 atom stereocenters. The number of hydrogen-bond donors (Lipinski definition) is 2. The highest BCUT2D eigenvalue weighted by atomic mass is 16.1. The maximum absolute atomic E-state index is 11.5. The number of nitrogens with zero attached hydrogens (tertiary/aromatic N) is 2. The number of guanidine groups is 1. The van der Waals surface area contributed by atoms with Crippen molar-refractivity contribution in [3.8, 4) is 0 Å². The third-order valence-electron chi connectivity index (χ3n) is 4.57. The minimum absolute atomic E-state index is 0.117. The minimum atomic E-state index is 0.117. The van der Waals surface area contributed by atoms with E-state index in [0.717, 1.165) is 32.0 Å². The van der Waals surface area contributed by atoms with Crippen LogP contribution in [0.15, 0.2) is 4.99 Å². The van der Waals surface area contributed by atoms with Crippen LogP contribution >= 0.6 is 0 Å². The lowest BCUT2D eigenvalue weighted by molar-refractivity contribution is -0.120. The van der Waals surface area contributed by atoms with Crippen LogP contribution in [0.2, 0.25) is 0 Å². The molecule has 5 nitrogen and oxygen atoms in total. The first-order valence-corrected chi connectivity index (χ1v) is 7.91. The number of nitrogens with one attached hydrogen (secondary N) is 2. The second-order valence-electron chi connectivity index (χ2n) is 6.10. The molecule has 1 heterocycles. The zero-order valence-electron chi connectivity index (χ0n) is 12.9. The summed E-state index contributed by atoms with van der Waals surface area (Å²) in [6.07, 6.45) is 6.93. The van der Waals surface area contributed by atoms with E-state index in [4.69, 9.17) is 0 Å². The molecule has 20 heavy (non-hydrogen) atoms. The summed E-state index contributed by atoms with van der Waals surface area (Å²) in [4.78, 5) is 18.3. The van der Waals surface area contributed by atoms with Crippen LogP contribution in [0.4, 0.5) is 0 Å². The first-order valence-electron chi connectivity index (χ1n) is 7.91. The molecule has 2 N–H and O–H groups in total. The third kappa shape index (κ3) is 3.64. The summed E-state index contributed by atoms with van der Waals surface area (Å²) in [6.45, 7) is 5.72. The highest BCUT2D eigenvalue weighted by Crippen LogP contribution is 2.47. The van der Waals surface area contributed by atoms with E-state index in [2.05, 4.69) is 27.4 Å². The Morgan fingerprint density at radius 3 is 2.60 bits per heavy atom. The highest BCUT2D eigenvalue weighted by Gasteiger charge is 2.43. The quantitative estimate of drug-likeness (QED) is 0.590. The molecular weight excluding hydrogens is 252 g/mol. The first kappa shape index (κ1) is 15.1. The van der Waals surface area contributed by atoms with Crippen molar-refractivity contribution >= 4 is 11.9 Å². The van der Waals surface area contributed by atoms with E-state index in [1.54, 1.807) is 0 Å². The average molecular weight is 280 g/mol. The van der Waals surface area contributed by atoms with E-state index >= 15 is 0 Å². The molecule has 0 unspecified atom stereocenters. The van der Waals surface area contributed by atoms with E-state index in [1.807, 2.05) is 7.05 Å². The van der Waals surface area contributed by atoms with Crippen molar-refractivity contribution in [1.29, 1.82) is 0 Å². The Morgan fingerprint density at radius 2 is 2.05 bits per heavy atom. The van der Waals surface area contributed by atoms with Gasteiger partial charge in [-0.3, -0.25) is 9.79 Å². The predicted molar refractivity (Wildman–Crippen MR) is 81.8 cm³/mol. The molecule has 114 valence electrons. The molecule has 2 rings (SSSR count). The Bertz CT molecular complexity index is 363. The van der Waals surface area contributed by atoms with Gasteiger partial charge < -0.3 is 15.5 Å². The van der Waals surface area contributed by atoms with Crippen molar-refractivity contribution in [3.05, 3.63) is 0 Å². The fraction of sp³-hybridized carbons (Fsp3) is 0.867. The fourth-order valence-corrected chi connectivity index (χ4v) is 3.17. The molecule has 1 amide bonds. The standard InChI is InChI=1S/C15H28N4O/c1-3-9-17-13(20)5-10-18-14(16-2)19-11-8-15(12-19)6-4-7-15/h3-12H2,1-2H3,(H,16,18)(H,17,20). The SMILES string of the molecule is CCCNC(=O)CCNC(=NC)N1CCC2(CCC2)C1. The summed E-state index contributed by atoms with van der Waals surface area (Å²) < 4.78 is 0. The normalized spacial score (nSPS) is 20.9. The van der Waals surface area contributed by atoms with Gasteiger partial charge in [0.15, 0.2) is 5.96 Å². The summed E-state index contributed by atoms with van der Waals surface area (Å²) in [6, 6.07) is 0. The Morgan fingerprint density at radius 1 is 1.25 bits per heavy atom. The number of carbonyl (C=O) groups excluding carboxylic acids is 1. The molecule has 0 radical (unpaired) electrons. The summed E-state index contributed by atoms with van der Waals surface area (Å²) in [5, 5.41) is 6.21. The second-order valence-corrected chi connectivity index (χ2v) is 6.10. The van der Waals surface area contributed by atoms with Crippen molar-refractivity contribution in [2.75, 3.05) is 33.2 Å². The highest BCUT2D eigenvalue weighted by molar-refractivity contribution is 5.81. The molecule has 0 bridgehead atoms. The van der Waals surface area contributed by atoms with Crippen LogP contribution in [0.25, 0.3) is 0 Å². The lowest BCUT2D eigenvalue weighted by atomic mass is 9.68. The van der Waals surface area contributed by atoms with Gasteiger partial charge in [-0.2, -0.15) is 0 Å². The van der Waals surface area contributed by atoms with Gasteiger partial charge in [0, 0.05) is 39.6 Å². The van der Waals surface area contributed by atoms with Crippen molar-refractivity contribution in [3.63, 3.8) is 0 Å². The summed E-state index contributed by atoms with van der Waals surface area (Å²) in [7, 11) is 1.82. The molecule has 0 aromatic heterocycles. The second kappa shape index (κ2) is 6.95. The topological polar surface area (TPSA) is 56.7 Å². The number of likely N-dealkylation sites (tertiary alicyclic amines) is 1. The smallest absolute Gasteiger partial charge is 0.221 e. The average Bonchev–Trinajstić information content (AvgIpc) is 2.86. The van der Waals surface area contributed by atoms with Crippen LogP contribution in [0.1, 0.15) is 45.4 Å². The van der Waals surface area contributed by atoms with Gasteiger partial charge in [0.2, 0.25) is 5.91 Å². The van der Waals surface area contributed by atoms with Gasteiger partial charge in [-0.15, -0.1) is 0 Å². The van der Waals surface area contributed by atoms with Crippen molar-refractivity contribution in [1.82, 2.24) is 15.5 Å². The van der Waals surface area contributed by atoms with Crippen LogP contribution < -0.4 is 10.6 Å². The Labute approximate surface area is 122 Å². The molecular formula is C15H28N4O. The first-order chi connectivity index (χ1) is 9.69. The Balaban J connectivity index is 1.69. The molecule has 1 aliphatic carbocycles. The van der Waals surface area contributed by atoms with Crippen molar-refractivity contribution in [2.45, 2.75) is 45.4 Å². The molecule has 1 aliphatic heterocycles. The monoisotopic (exact) mass is 280 g/mol. The van der Waals surface area contributed by atoms with Crippen molar-refractivity contribution < 1.29 is 4.79 Å². The molecule has 5 heteroatoms. The number of rotatable bonds is 5. The van der Waals surface area contributed by atoms with E-state index in [-0.39, 0.29) is 5.91 Å². The van der Waals surface area contributed by atoms with Crippen LogP contribution in [0, 0.1) is 5.41 Å². The molecule has 2 aliphatic rings. The number of hydrogen-bond acceptors (Lipinski definition) is 2. The summed E-state index contributed by atoms with van der Waals surface area (Å²) in [5.41, 5.74) is 0.579. The van der Waals surface area contributed by atoms with E-state index in [1.165, 1.54) is 25.7 Å². The van der Waals surface area contributed by atoms with Gasteiger partial charge in [-0.05, 0) is 31.1 Å². The van der Waals surface area contributed by atoms with E-state index < -0.39 is 0 Å². The predicted octanol–water partition coefficient (Wildman–Crippen LogP) is 1.35. The van der Waals surface area contributed by atoms with Crippen LogP contribution in [0.5, 0.6) is 0 Å². The maximum atomic E-state index is 11.5. The molecule has 1 saturated heterocycles. The van der Waals surface area contributed by atoms with E-state index in [0.29, 0.717) is 18.4 Å². The Kier molecular flexibility index (Phi) is 5.26. The van der Waals surface area contributed by atoms with Gasteiger partial charge in [-0.25, -0.2) is 0 Å².